The number of Topliss-reactive ketones (excluding diaryl/α,β-unsaturated/α-hetero) is 1. The van der Waals surface area contributed by atoms with Crippen LogP contribution in [0.5, 0.6) is 17.2 Å². The molecule has 0 heterocycles. The number of carbonyl (C=O) groups is 3. The van der Waals surface area contributed by atoms with E-state index in [-0.39, 0.29) is 23.8 Å². The maximum atomic E-state index is 12.6. The molecule has 1 atom stereocenters. The number of benzene rings is 3. The van der Waals surface area contributed by atoms with Gasteiger partial charge in [0.2, 0.25) is 0 Å². The van der Waals surface area contributed by atoms with E-state index in [1.54, 1.807) is 94.1 Å². The van der Waals surface area contributed by atoms with Crippen molar-refractivity contribution >= 4 is 18.0 Å². The van der Waals surface area contributed by atoms with E-state index in [4.69, 9.17) is 18.9 Å². The number of hydrogen-bond acceptors (Lipinski definition) is 7. The van der Waals surface area contributed by atoms with Gasteiger partial charge in [-0.05, 0) is 85.6 Å². The van der Waals surface area contributed by atoms with E-state index in [0.717, 1.165) is 30.6 Å². The molecule has 0 saturated heterocycles. The minimum atomic E-state index is -0.364. The fourth-order valence-electron chi connectivity index (χ4n) is 3.94. The summed E-state index contributed by atoms with van der Waals surface area (Å²) in [6.07, 6.45) is 3.69. The molecule has 7 heteroatoms. The number of ether oxygens (including phenoxy) is 4. The largest absolute Gasteiger partial charge is 0.497 e. The van der Waals surface area contributed by atoms with Crippen molar-refractivity contribution < 1.29 is 33.3 Å². The van der Waals surface area contributed by atoms with Crippen LogP contribution < -0.4 is 14.2 Å². The number of aldehydes is 1. The first-order chi connectivity index (χ1) is 18.8. The summed E-state index contributed by atoms with van der Waals surface area (Å²) in [6.45, 7) is 4.44. The Morgan fingerprint density at radius 3 is 1.62 bits per heavy atom. The maximum absolute atomic E-state index is 12.6. The normalized spacial score (nSPS) is 11.7. The van der Waals surface area contributed by atoms with Crippen LogP contribution in [-0.4, -0.2) is 46.0 Å². The van der Waals surface area contributed by atoms with Crippen LogP contribution in [0.15, 0.2) is 72.8 Å². The summed E-state index contributed by atoms with van der Waals surface area (Å²) in [5, 5.41) is 0. The number of ketones is 1. The minimum absolute atomic E-state index is 0.0801. The van der Waals surface area contributed by atoms with Crippen molar-refractivity contribution in [1.29, 1.82) is 0 Å². The van der Waals surface area contributed by atoms with Gasteiger partial charge < -0.3 is 18.9 Å². The molecule has 0 aromatic heterocycles. The monoisotopic (exact) mass is 534 g/mol. The summed E-state index contributed by atoms with van der Waals surface area (Å²) in [5.41, 5.74) is 1.57. The predicted molar refractivity (Wildman–Crippen MR) is 151 cm³/mol. The number of rotatable bonds is 13. The van der Waals surface area contributed by atoms with Gasteiger partial charge in [-0.25, -0.2) is 4.79 Å². The third-order valence-corrected chi connectivity index (χ3v) is 6.35. The maximum Gasteiger partial charge on any atom is 0.338 e. The molecule has 0 fully saturated rings. The molecule has 7 nitrogen and oxygen atoms in total. The molecule has 3 aromatic rings. The van der Waals surface area contributed by atoms with E-state index in [9.17, 15) is 14.4 Å². The molecular weight excluding hydrogens is 496 g/mol. The molecule has 0 amide bonds. The van der Waals surface area contributed by atoms with Crippen LogP contribution in [-0.2, 0) is 4.74 Å². The van der Waals surface area contributed by atoms with Crippen molar-refractivity contribution in [3.63, 3.8) is 0 Å². The first-order valence-electron chi connectivity index (χ1n) is 12.8. The van der Waals surface area contributed by atoms with Crippen molar-refractivity contribution in [2.75, 3.05) is 27.9 Å². The van der Waals surface area contributed by atoms with Gasteiger partial charge in [0, 0.05) is 23.0 Å². The summed E-state index contributed by atoms with van der Waals surface area (Å²) in [4.78, 5) is 35.1. The summed E-state index contributed by atoms with van der Waals surface area (Å²) in [5.74, 6) is 1.90. The number of hydrogen-bond donors (Lipinski definition) is 0. The lowest BCUT2D eigenvalue weighted by Gasteiger charge is -2.28. The van der Waals surface area contributed by atoms with Crippen LogP contribution in [0.2, 0.25) is 0 Å². The van der Waals surface area contributed by atoms with Gasteiger partial charge in [0.05, 0.1) is 33.5 Å². The molecule has 3 rings (SSSR count). The Hall–Kier alpha value is -4.13. The molecule has 0 spiro atoms. The topological polar surface area (TPSA) is 88.1 Å². The lowest BCUT2D eigenvalue weighted by atomic mass is 9.81. The van der Waals surface area contributed by atoms with Crippen molar-refractivity contribution in [2.45, 2.75) is 39.5 Å². The molecule has 0 aliphatic heterocycles. The molecule has 0 aliphatic rings. The Morgan fingerprint density at radius 1 is 0.718 bits per heavy atom. The summed E-state index contributed by atoms with van der Waals surface area (Å²) >= 11 is 0. The van der Waals surface area contributed by atoms with E-state index in [1.165, 1.54) is 0 Å². The zero-order valence-electron chi connectivity index (χ0n) is 23.4. The van der Waals surface area contributed by atoms with Gasteiger partial charge in [-0.1, -0.05) is 20.3 Å². The first kappa shape index (κ1) is 31.1. The van der Waals surface area contributed by atoms with Crippen LogP contribution in [0.3, 0.4) is 0 Å². The van der Waals surface area contributed by atoms with Gasteiger partial charge in [-0.2, -0.15) is 0 Å². The lowest BCUT2D eigenvalue weighted by Crippen LogP contribution is -2.26. The van der Waals surface area contributed by atoms with Crippen molar-refractivity contribution in [1.82, 2.24) is 0 Å². The van der Waals surface area contributed by atoms with Gasteiger partial charge in [-0.15, -0.1) is 0 Å². The summed E-state index contributed by atoms with van der Waals surface area (Å²) in [7, 11) is 4.77. The number of methoxy groups -OCH3 is 3. The molecule has 0 radical (unpaired) electrons. The van der Waals surface area contributed by atoms with Gasteiger partial charge in [0.25, 0.3) is 0 Å². The highest BCUT2D eigenvalue weighted by Gasteiger charge is 2.27. The Bertz CT molecular complexity index is 1100. The molecule has 0 bridgehead atoms. The SMILES string of the molecule is CCCC(C)(CCC(=O)c1ccc(OC)cc1)COC(=O)c1ccc(OC)cc1.COc1ccc(C=O)cc1. The Morgan fingerprint density at radius 2 is 1.18 bits per heavy atom. The van der Waals surface area contributed by atoms with E-state index in [2.05, 4.69) is 13.8 Å². The zero-order chi connectivity index (χ0) is 28.7. The van der Waals surface area contributed by atoms with E-state index in [1.807, 2.05) is 0 Å². The fraction of sp³-hybridized carbons (Fsp3) is 0.344. The van der Waals surface area contributed by atoms with Gasteiger partial charge in [0.1, 0.15) is 23.5 Å². The summed E-state index contributed by atoms with van der Waals surface area (Å²) < 4.78 is 20.7. The second kappa shape index (κ2) is 16.0. The molecule has 208 valence electrons. The second-order valence-electron chi connectivity index (χ2n) is 9.41. The second-order valence-corrected chi connectivity index (χ2v) is 9.41. The first-order valence-corrected chi connectivity index (χ1v) is 12.8. The molecule has 39 heavy (non-hydrogen) atoms. The lowest BCUT2D eigenvalue weighted by molar-refractivity contribution is 0.0271. The van der Waals surface area contributed by atoms with E-state index in [0.29, 0.717) is 35.3 Å². The predicted octanol–water partition coefficient (Wildman–Crippen LogP) is 6.84. The molecule has 0 aliphatic carbocycles. The summed E-state index contributed by atoms with van der Waals surface area (Å²) in [6, 6.07) is 20.9. The average molecular weight is 535 g/mol. The van der Waals surface area contributed by atoms with Gasteiger partial charge in [-0.3, -0.25) is 9.59 Å². The van der Waals surface area contributed by atoms with Crippen LogP contribution in [0.4, 0.5) is 0 Å². The smallest absolute Gasteiger partial charge is 0.338 e. The Labute approximate surface area is 231 Å². The average Bonchev–Trinajstić information content (AvgIpc) is 2.99. The Kier molecular flexibility index (Phi) is 12.7. The highest BCUT2D eigenvalue weighted by Crippen LogP contribution is 2.31. The van der Waals surface area contributed by atoms with Crippen LogP contribution in [0.25, 0.3) is 0 Å². The van der Waals surface area contributed by atoms with Crippen molar-refractivity contribution in [2.24, 2.45) is 5.41 Å². The molecular formula is C32H38O7. The highest BCUT2D eigenvalue weighted by molar-refractivity contribution is 5.96. The standard InChI is InChI=1S/C24H30O5.C8H8O2/c1-5-15-24(2,16-14-22(25)18-6-10-20(27-3)11-7-18)17-29-23(26)19-8-12-21(28-4)13-9-19;1-10-8-4-2-7(6-9)3-5-8/h6-13H,5,14-17H2,1-4H3;2-6H,1H3. The van der Waals surface area contributed by atoms with E-state index < -0.39 is 0 Å². The Balaban J connectivity index is 0.000000446. The van der Waals surface area contributed by atoms with Crippen LogP contribution in [0.1, 0.15) is 70.6 Å². The molecule has 1 unspecified atom stereocenters. The van der Waals surface area contributed by atoms with Crippen molar-refractivity contribution in [3.05, 3.63) is 89.5 Å². The highest BCUT2D eigenvalue weighted by atomic mass is 16.5. The minimum Gasteiger partial charge on any atom is -0.497 e. The fourth-order valence-corrected chi connectivity index (χ4v) is 3.94. The third kappa shape index (κ3) is 10.3. The zero-order valence-corrected chi connectivity index (χ0v) is 23.4. The van der Waals surface area contributed by atoms with Crippen LogP contribution in [0, 0.1) is 5.41 Å². The number of esters is 1. The van der Waals surface area contributed by atoms with Gasteiger partial charge in [0.15, 0.2) is 5.78 Å². The quantitative estimate of drug-likeness (QED) is 0.135. The molecule has 0 N–H and O–H groups in total. The van der Waals surface area contributed by atoms with Gasteiger partial charge >= 0.3 is 5.97 Å². The molecule has 3 aromatic carbocycles. The van der Waals surface area contributed by atoms with Crippen molar-refractivity contribution in [3.8, 4) is 17.2 Å². The number of carbonyl (C=O) groups excluding carboxylic acids is 3. The third-order valence-electron chi connectivity index (χ3n) is 6.35. The van der Waals surface area contributed by atoms with E-state index >= 15 is 0 Å². The van der Waals surface area contributed by atoms with Crippen LogP contribution >= 0.6 is 0 Å². The molecule has 0 saturated carbocycles.